The number of nitrogens with one attached hydrogen (secondary N) is 2. The van der Waals surface area contributed by atoms with Gasteiger partial charge in [-0.1, -0.05) is 6.07 Å². The molecule has 0 radical (unpaired) electrons. The van der Waals surface area contributed by atoms with Crippen molar-refractivity contribution < 1.29 is 18.3 Å². The van der Waals surface area contributed by atoms with Crippen molar-refractivity contribution in [1.29, 1.82) is 0 Å². The van der Waals surface area contributed by atoms with E-state index in [0.29, 0.717) is 0 Å². The van der Waals surface area contributed by atoms with Crippen LogP contribution in [-0.4, -0.2) is 46.6 Å². The molecule has 0 spiro atoms. The topological polar surface area (TPSA) is 117 Å². The van der Waals surface area contributed by atoms with Crippen LogP contribution in [0.1, 0.15) is 29.3 Å². The summed E-state index contributed by atoms with van der Waals surface area (Å²) in [6.07, 6.45) is 1.84. The normalized spacial score (nSPS) is 22.5. The molecule has 0 saturated carbocycles. The number of hydrogen-bond acceptors (Lipinski definition) is 5. The third-order valence-corrected chi connectivity index (χ3v) is 6.52. The zero-order valence-electron chi connectivity index (χ0n) is 15.6. The number of rotatable bonds is 3. The summed E-state index contributed by atoms with van der Waals surface area (Å²) in [4.78, 5) is 12.8. The van der Waals surface area contributed by atoms with E-state index in [1.807, 2.05) is 13.8 Å². The van der Waals surface area contributed by atoms with Gasteiger partial charge in [-0.3, -0.25) is 9.48 Å². The van der Waals surface area contributed by atoms with Crippen molar-refractivity contribution in [2.24, 2.45) is 7.05 Å². The number of aromatic hydroxyl groups is 1. The van der Waals surface area contributed by atoms with Gasteiger partial charge in [0, 0.05) is 25.4 Å². The van der Waals surface area contributed by atoms with Crippen LogP contribution in [0.3, 0.4) is 0 Å². The minimum atomic E-state index is -3.85. The Hall–Kier alpha value is -2.43. The fourth-order valence-corrected chi connectivity index (χ4v) is 4.40. The summed E-state index contributed by atoms with van der Waals surface area (Å²) >= 11 is 0. The predicted molar refractivity (Wildman–Crippen MR) is 100 cm³/mol. The van der Waals surface area contributed by atoms with Crippen LogP contribution in [0.25, 0.3) is 0 Å². The van der Waals surface area contributed by atoms with E-state index in [-0.39, 0.29) is 17.9 Å². The molecule has 3 rings (SSSR count). The van der Waals surface area contributed by atoms with Crippen LogP contribution in [0.15, 0.2) is 24.4 Å². The maximum atomic E-state index is 12.8. The average molecular weight is 393 g/mol. The molecule has 2 atom stereocenters. The molecule has 1 aliphatic heterocycles. The lowest BCUT2D eigenvalue weighted by Crippen LogP contribution is -2.56. The third kappa shape index (κ3) is 3.68. The molecular formula is C17H23N5O4S. The van der Waals surface area contributed by atoms with E-state index in [9.17, 15) is 18.3 Å². The molecule has 27 heavy (non-hydrogen) atoms. The molecule has 0 bridgehead atoms. The SMILES string of the molecule is Cc1ccc(O)c(NC(=O)[C@@H]2C[C@H](c3cnn(C)c3C)NS(=O)(=O)N2C)c1. The van der Waals surface area contributed by atoms with Gasteiger partial charge in [-0.25, -0.2) is 0 Å². The van der Waals surface area contributed by atoms with Gasteiger partial charge in [0.1, 0.15) is 11.8 Å². The molecule has 146 valence electrons. The summed E-state index contributed by atoms with van der Waals surface area (Å²) in [6, 6.07) is 3.33. The number of hydrogen-bond donors (Lipinski definition) is 3. The largest absolute Gasteiger partial charge is 0.506 e. The Morgan fingerprint density at radius 1 is 1.33 bits per heavy atom. The molecule has 1 aromatic carbocycles. The van der Waals surface area contributed by atoms with Gasteiger partial charge >= 0.3 is 0 Å². The first-order valence-electron chi connectivity index (χ1n) is 8.44. The number of aryl methyl sites for hydroxylation is 2. The van der Waals surface area contributed by atoms with Gasteiger partial charge in [-0.05, 0) is 38.0 Å². The molecule has 2 heterocycles. The number of nitrogens with zero attached hydrogens (tertiary/aromatic N) is 3. The van der Waals surface area contributed by atoms with Crippen LogP contribution in [0.4, 0.5) is 5.69 Å². The summed E-state index contributed by atoms with van der Waals surface area (Å²) in [5, 5.41) is 16.7. The maximum Gasteiger partial charge on any atom is 0.280 e. The van der Waals surface area contributed by atoms with E-state index in [1.165, 1.54) is 13.1 Å². The zero-order chi connectivity index (χ0) is 19.9. The molecule has 0 aliphatic carbocycles. The molecule has 1 amide bonds. The van der Waals surface area contributed by atoms with Gasteiger partial charge in [0.2, 0.25) is 5.91 Å². The number of phenols is 1. The van der Waals surface area contributed by atoms with Crippen molar-refractivity contribution in [3.63, 3.8) is 0 Å². The minimum absolute atomic E-state index is 0.0759. The minimum Gasteiger partial charge on any atom is -0.506 e. The number of phenolic OH excluding ortho intramolecular Hbond substituents is 1. The lowest BCUT2D eigenvalue weighted by atomic mass is 10.00. The van der Waals surface area contributed by atoms with E-state index in [1.54, 1.807) is 30.1 Å². The lowest BCUT2D eigenvalue weighted by Gasteiger charge is -2.36. The highest BCUT2D eigenvalue weighted by atomic mass is 32.2. The Morgan fingerprint density at radius 2 is 2.04 bits per heavy atom. The van der Waals surface area contributed by atoms with Gasteiger partial charge in [0.15, 0.2) is 0 Å². The number of amides is 1. The summed E-state index contributed by atoms with van der Waals surface area (Å²) in [5.74, 6) is -0.580. The lowest BCUT2D eigenvalue weighted by molar-refractivity contribution is -0.120. The Bertz CT molecular complexity index is 985. The molecular weight excluding hydrogens is 370 g/mol. The van der Waals surface area contributed by atoms with Crippen LogP contribution < -0.4 is 10.0 Å². The smallest absolute Gasteiger partial charge is 0.280 e. The van der Waals surface area contributed by atoms with Crippen molar-refractivity contribution in [2.45, 2.75) is 32.4 Å². The first-order chi connectivity index (χ1) is 12.6. The Kier molecular flexibility index (Phi) is 4.98. The van der Waals surface area contributed by atoms with Crippen molar-refractivity contribution in [3.8, 4) is 5.75 Å². The highest BCUT2D eigenvalue weighted by molar-refractivity contribution is 7.87. The van der Waals surface area contributed by atoms with Gasteiger partial charge in [-0.15, -0.1) is 0 Å². The monoisotopic (exact) mass is 393 g/mol. The van der Waals surface area contributed by atoms with Crippen molar-refractivity contribution >= 4 is 21.8 Å². The average Bonchev–Trinajstić information content (AvgIpc) is 2.92. The molecule has 3 N–H and O–H groups in total. The number of anilines is 1. The molecule has 2 aromatic rings. The summed E-state index contributed by atoms with van der Waals surface area (Å²) in [6.45, 7) is 3.67. The number of carbonyl (C=O) groups excluding carboxylic acids is 1. The zero-order valence-corrected chi connectivity index (χ0v) is 16.4. The second-order valence-electron chi connectivity index (χ2n) is 6.76. The molecule has 10 heteroatoms. The predicted octanol–water partition coefficient (Wildman–Crippen LogP) is 0.961. The van der Waals surface area contributed by atoms with Crippen LogP contribution >= 0.6 is 0 Å². The summed E-state index contributed by atoms with van der Waals surface area (Å²) < 4.78 is 30.3. The van der Waals surface area contributed by atoms with Crippen molar-refractivity contribution in [2.75, 3.05) is 12.4 Å². The number of benzene rings is 1. The second kappa shape index (κ2) is 6.95. The van der Waals surface area contributed by atoms with Gasteiger partial charge in [-0.2, -0.15) is 22.5 Å². The Balaban J connectivity index is 1.89. The molecule has 0 unspecified atom stereocenters. The van der Waals surface area contributed by atoms with E-state index in [2.05, 4.69) is 15.1 Å². The van der Waals surface area contributed by atoms with Gasteiger partial charge < -0.3 is 10.4 Å². The summed E-state index contributed by atoms with van der Waals surface area (Å²) in [7, 11) is -0.721. The highest BCUT2D eigenvalue weighted by Crippen LogP contribution is 2.31. The van der Waals surface area contributed by atoms with E-state index >= 15 is 0 Å². The second-order valence-corrected chi connectivity index (χ2v) is 8.52. The molecule has 1 fully saturated rings. The van der Waals surface area contributed by atoms with Crippen LogP contribution in [-0.2, 0) is 22.1 Å². The van der Waals surface area contributed by atoms with Crippen molar-refractivity contribution in [1.82, 2.24) is 18.8 Å². The van der Waals surface area contributed by atoms with Gasteiger partial charge in [0.25, 0.3) is 10.2 Å². The van der Waals surface area contributed by atoms with Crippen LogP contribution in [0.5, 0.6) is 5.75 Å². The van der Waals surface area contributed by atoms with Crippen molar-refractivity contribution in [3.05, 3.63) is 41.2 Å². The van der Waals surface area contributed by atoms with E-state index < -0.39 is 28.2 Å². The van der Waals surface area contributed by atoms with E-state index in [4.69, 9.17) is 0 Å². The van der Waals surface area contributed by atoms with E-state index in [0.717, 1.165) is 21.1 Å². The fourth-order valence-electron chi connectivity index (χ4n) is 3.14. The Labute approximate surface area is 158 Å². The fraction of sp³-hybridized carbons (Fsp3) is 0.412. The number of carbonyl (C=O) groups is 1. The van der Waals surface area contributed by atoms with Crippen LogP contribution in [0, 0.1) is 13.8 Å². The molecule has 9 nitrogen and oxygen atoms in total. The number of aromatic nitrogens is 2. The first-order valence-corrected chi connectivity index (χ1v) is 9.88. The molecule has 1 aliphatic rings. The Morgan fingerprint density at radius 3 is 2.67 bits per heavy atom. The molecule has 1 aromatic heterocycles. The van der Waals surface area contributed by atoms with Gasteiger partial charge in [0.05, 0.1) is 17.9 Å². The van der Waals surface area contributed by atoms with Crippen LogP contribution in [0.2, 0.25) is 0 Å². The maximum absolute atomic E-state index is 12.8. The first kappa shape index (κ1) is 19.3. The standard InChI is InChI=1S/C17H23N5O4S/c1-10-5-6-16(23)14(7-10)19-17(24)15-8-13(20-27(25,26)22(15)4)12-9-18-21(3)11(12)2/h5-7,9,13,15,20,23H,8H2,1-4H3,(H,19,24)/t13-,15+/m1/s1. The quantitative estimate of drug-likeness (QED) is 0.672. The molecule has 1 saturated heterocycles. The summed E-state index contributed by atoms with van der Waals surface area (Å²) in [5.41, 5.74) is 2.66. The number of likely N-dealkylation sites (N-methyl/N-ethyl adjacent to an activating group) is 1. The highest BCUT2D eigenvalue weighted by Gasteiger charge is 2.41. The third-order valence-electron chi connectivity index (χ3n) is 4.93.